The molecule has 2 rings (SSSR count). The maximum atomic E-state index is 12.1. The number of primary sulfonamides is 1. The van der Waals surface area contributed by atoms with Crippen molar-refractivity contribution in [1.29, 1.82) is 0 Å². The Balaban J connectivity index is 1.78. The van der Waals surface area contributed by atoms with Gasteiger partial charge in [0.25, 0.3) is 5.91 Å². The molecule has 0 bridgehead atoms. The maximum absolute atomic E-state index is 12.1. The van der Waals surface area contributed by atoms with Crippen LogP contribution in [0.1, 0.15) is 11.1 Å². The van der Waals surface area contributed by atoms with E-state index in [1.807, 2.05) is 19.2 Å². The third-order valence-corrected chi connectivity index (χ3v) is 5.76. The first kappa shape index (κ1) is 21.7. The molecule has 4 N–H and O–H groups in total. The van der Waals surface area contributed by atoms with Gasteiger partial charge in [0.2, 0.25) is 10.0 Å². The van der Waals surface area contributed by atoms with Gasteiger partial charge in [-0.2, -0.15) is 0 Å². The second-order valence-electron chi connectivity index (χ2n) is 6.31. The second kappa shape index (κ2) is 9.52. The van der Waals surface area contributed by atoms with Crippen LogP contribution in [0.3, 0.4) is 0 Å². The van der Waals surface area contributed by atoms with E-state index in [9.17, 15) is 13.2 Å². The van der Waals surface area contributed by atoms with Crippen molar-refractivity contribution in [2.45, 2.75) is 17.9 Å². The number of halogens is 2. The number of carbonyl (C=O) groups is 1. The Hall–Kier alpha value is -1.64. The number of likely N-dealkylation sites (N-methyl/N-ethyl adjacent to an activating group) is 1. The fraction of sp³-hybridized carbons (Fsp3) is 0.278. The number of nitrogens with one attached hydrogen (secondary N) is 2. The van der Waals surface area contributed by atoms with Crippen molar-refractivity contribution in [3.63, 3.8) is 0 Å². The number of quaternary nitrogens is 1. The third-order valence-electron chi connectivity index (χ3n) is 3.97. The molecular formula is C18H22Cl2N3O3S+. The summed E-state index contributed by atoms with van der Waals surface area (Å²) in [5, 5.41) is 8.94. The first-order valence-corrected chi connectivity index (χ1v) is 10.6. The number of sulfonamides is 1. The van der Waals surface area contributed by atoms with Crippen molar-refractivity contribution >= 4 is 39.1 Å². The van der Waals surface area contributed by atoms with Crippen LogP contribution in [0.25, 0.3) is 0 Å². The quantitative estimate of drug-likeness (QED) is 0.583. The molecule has 0 saturated carbocycles. The number of nitrogens with two attached hydrogens (primary N) is 1. The van der Waals surface area contributed by atoms with Gasteiger partial charge in [0.15, 0.2) is 6.54 Å². The van der Waals surface area contributed by atoms with Gasteiger partial charge in [-0.05, 0) is 30.2 Å². The minimum absolute atomic E-state index is 0.0696. The molecule has 0 aliphatic rings. The van der Waals surface area contributed by atoms with Crippen molar-refractivity contribution in [3.05, 3.63) is 63.6 Å². The van der Waals surface area contributed by atoms with Crippen LogP contribution < -0.4 is 15.4 Å². The van der Waals surface area contributed by atoms with E-state index in [0.717, 1.165) is 16.0 Å². The Morgan fingerprint density at radius 1 is 1.15 bits per heavy atom. The molecule has 0 saturated heterocycles. The highest BCUT2D eigenvalue weighted by Gasteiger charge is 2.13. The first-order valence-electron chi connectivity index (χ1n) is 8.29. The van der Waals surface area contributed by atoms with Crippen LogP contribution in [0, 0.1) is 0 Å². The molecule has 1 unspecified atom stereocenters. The predicted octanol–water partition coefficient (Wildman–Crippen LogP) is 1.01. The molecule has 1 atom stereocenters. The molecule has 2 aromatic carbocycles. The Labute approximate surface area is 169 Å². The molecule has 27 heavy (non-hydrogen) atoms. The second-order valence-corrected chi connectivity index (χ2v) is 8.66. The average Bonchev–Trinajstić information content (AvgIpc) is 2.58. The van der Waals surface area contributed by atoms with Gasteiger partial charge in [0.1, 0.15) is 6.54 Å². The molecule has 0 radical (unpaired) electrons. The highest BCUT2D eigenvalue weighted by molar-refractivity contribution is 7.89. The number of carbonyl (C=O) groups excluding carboxylic acids is 1. The first-order chi connectivity index (χ1) is 12.7. The van der Waals surface area contributed by atoms with Gasteiger partial charge in [-0.15, -0.1) is 0 Å². The van der Waals surface area contributed by atoms with E-state index in [1.54, 1.807) is 18.2 Å². The lowest BCUT2D eigenvalue weighted by Crippen LogP contribution is -3.08. The zero-order valence-corrected chi connectivity index (χ0v) is 17.2. The van der Waals surface area contributed by atoms with Gasteiger partial charge in [0, 0.05) is 12.1 Å². The normalized spacial score (nSPS) is 12.6. The van der Waals surface area contributed by atoms with Crippen LogP contribution in [-0.4, -0.2) is 34.5 Å². The molecule has 1 amide bonds. The SMILES string of the molecule is C[NH+](CC(=O)NCCc1ccc(S(N)(=O)=O)cc1)Cc1cccc(Cl)c1Cl. The smallest absolute Gasteiger partial charge is 0.275 e. The summed E-state index contributed by atoms with van der Waals surface area (Å²) in [4.78, 5) is 13.1. The Morgan fingerprint density at radius 3 is 2.44 bits per heavy atom. The zero-order chi connectivity index (χ0) is 20.0. The van der Waals surface area contributed by atoms with Gasteiger partial charge in [-0.1, -0.05) is 47.5 Å². The molecular weight excluding hydrogens is 409 g/mol. The Bertz CT molecular complexity index is 903. The van der Waals surface area contributed by atoms with Crippen LogP contribution in [-0.2, 0) is 27.8 Å². The van der Waals surface area contributed by atoms with Crippen molar-refractivity contribution in [1.82, 2.24) is 5.32 Å². The summed E-state index contributed by atoms with van der Waals surface area (Å²) in [6, 6.07) is 11.7. The summed E-state index contributed by atoms with van der Waals surface area (Å²) in [6.45, 7) is 1.34. The standard InChI is InChI=1S/C18H21Cl2N3O3S/c1-23(11-14-3-2-4-16(19)18(14)20)12-17(24)22-10-9-13-5-7-15(8-6-13)27(21,25)26/h2-8H,9-12H2,1H3,(H,22,24)(H2,21,25,26)/p+1. The lowest BCUT2D eigenvalue weighted by molar-refractivity contribution is -0.885. The predicted molar refractivity (Wildman–Crippen MR) is 106 cm³/mol. The van der Waals surface area contributed by atoms with E-state index >= 15 is 0 Å². The van der Waals surface area contributed by atoms with Crippen molar-refractivity contribution in [3.8, 4) is 0 Å². The Kier molecular flexibility index (Phi) is 7.64. The number of benzene rings is 2. The molecule has 0 aliphatic carbocycles. The summed E-state index contributed by atoms with van der Waals surface area (Å²) < 4.78 is 22.4. The average molecular weight is 431 g/mol. The minimum atomic E-state index is -3.69. The van der Waals surface area contributed by atoms with E-state index in [2.05, 4.69) is 5.32 Å². The highest BCUT2D eigenvalue weighted by atomic mass is 35.5. The monoisotopic (exact) mass is 430 g/mol. The van der Waals surface area contributed by atoms with Crippen LogP contribution in [0.4, 0.5) is 0 Å². The summed E-state index contributed by atoms with van der Waals surface area (Å²) in [6.07, 6.45) is 0.593. The van der Waals surface area contributed by atoms with Gasteiger partial charge in [0.05, 0.1) is 22.0 Å². The van der Waals surface area contributed by atoms with E-state index < -0.39 is 10.0 Å². The van der Waals surface area contributed by atoms with Gasteiger partial charge < -0.3 is 10.2 Å². The molecule has 2 aromatic rings. The largest absolute Gasteiger partial charge is 0.351 e. The van der Waals surface area contributed by atoms with Gasteiger partial charge in [-0.25, -0.2) is 13.6 Å². The third kappa shape index (κ3) is 6.79. The highest BCUT2D eigenvalue weighted by Crippen LogP contribution is 2.24. The number of rotatable bonds is 8. The summed E-state index contributed by atoms with van der Waals surface area (Å²) in [7, 11) is -1.78. The van der Waals surface area contributed by atoms with Gasteiger partial charge in [-0.3, -0.25) is 4.79 Å². The van der Waals surface area contributed by atoms with Crippen LogP contribution >= 0.6 is 23.2 Å². The molecule has 9 heteroatoms. The van der Waals surface area contributed by atoms with Gasteiger partial charge >= 0.3 is 0 Å². The number of amides is 1. The fourth-order valence-corrected chi connectivity index (χ4v) is 3.50. The van der Waals surface area contributed by atoms with Crippen LogP contribution in [0.2, 0.25) is 10.0 Å². The molecule has 0 fully saturated rings. The zero-order valence-electron chi connectivity index (χ0n) is 14.8. The summed E-state index contributed by atoms with van der Waals surface area (Å²) in [5.74, 6) is -0.0770. The van der Waals surface area contributed by atoms with E-state index in [-0.39, 0.29) is 10.8 Å². The lowest BCUT2D eigenvalue weighted by Gasteiger charge is -2.15. The van der Waals surface area contributed by atoms with Crippen molar-refractivity contribution < 1.29 is 18.1 Å². The van der Waals surface area contributed by atoms with E-state index in [1.165, 1.54) is 12.1 Å². The number of hydrogen-bond donors (Lipinski definition) is 3. The summed E-state index contributed by atoms with van der Waals surface area (Å²) in [5.41, 5.74) is 1.80. The molecule has 0 spiro atoms. The minimum Gasteiger partial charge on any atom is -0.351 e. The molecule has 6 nitrogen and oxygen atoms in total. The van der Waals surface area contributed by atoms with E-state index in [0.29, 0.717) is 36.1 Å². The molecule has 0 aromatic heterocycles. The Morgan fingerprint density at radius 2 is 1.81 bits per heavy atom. The molecule has 146 valence electrons. The topological polar surface area (TPSA) is 93.7 Å². The van der Waals surface area contributed by atoms with Crippen LogP contribution in [0.5, 0.6) is 0 Å². The molecule has 0 heterocycles. The maximum Gasteiger partial charge on any atom is 0.275 e. The lowest BCUT2D eigenvalue weighted by atomic mass is 10.1. The fourth-order valence-electron chi connectivity index (χ4n) is 2.60. The summed E-state index contributed by atoms with van der Waals surface area (Å²) >= 11 is 12.2. The van der Waals surface area contributed by atoms with Crippen molar-refractivity contribution in [2.24, 2.45) is 5.14 Å². The van der Waals surface area contributed by atoms with Crippen LogP contribution in [0.15, 0.2) is 47.4 Å². The number of hydrogen-bond acceptors (Lipinski definition) is 3. The van der Waals surface area contributed by atoms with E-state index in [4.69, 9.17) is 28.3 Å². The molecule has 0 aliphatic heterocycles. The van der Waals surface area contributed by atoms with Crippen molar-refractivity contribution in [2.75, 3.05) is 20.1 Å².